The van der Waals surface area contributed by atoms with E-state index in [4.69, 9.17) is 16.7 Å². The van der Waals surface area contributed by atoms with E-state index in [0.29, 0.717) is 23.9 Å². The van der Waals surface area contributed by atoms with Crippen molar-refractivity contribution >= 4 is 33.4 Å². The van der Waals surface area contributed by atoms with Crippen molar-refractivity contribution < 1.29 is 28.2 Å². The lowest BCUT2D eigenvalue weighted by Gasteiger charge is -2.40. The lowest BCUT2D eigenvalue weighted by molar-refractivity contribution is -0.136. The summed E-state index contributed by atoms with van der Waals surface area (Å²) in [5.74, 6) is -3.33. The van der Waals surface area contributed by atoms with E-state index in [1.54, 1.807) is 42.5 Å². The Morgan fingerprint density at radius 2 is 1.71 bits per heavy atom. The molecule has 2 aromatic rings. The summed E-state index contributed by atoms with van der Waals surface area (Å²) >= 11 is 5.94. The van der Waals surface area contributed by atoms with Crippen LogP contribution in [0.25, 0.3) is 0 Å². The van der Waals surface area contributed by atoms with Gasteiger partial charge in [-0.2, -0.15) is 4.31 Å². The molecule has 1 heterocycles. The Balaban J connectivity index is 2.00. The number of carbonyl (C=O) groups is 2. The second-order valence-electron chi connectivity index (χ2n) is 7.54. The third kappa shape index (κ3) is 5.15. The van der Waals surface area contributed by atoms with Crippen LogP contribution in [0.3, 0.4) is 0 Å². The van der Waals surface area contributed by atoms with Crippen molar-refractivity contribution in [1.29, 1.82) is 0 Å². The molecule has 31 heavy (non-hydrogen) atoms. The summed E-state index contributed by atoms with van der Waals surface area (Å²) in [6, 6.07) is 14.7. The maximum absolute atomic E-state index is 13.2. The molecule has 1 aliphatic rings. The van der Waals surface area contributed by atoms with Crippen LogP contribution in [0.5, 0.6) is 0 Å². The number of hydrogen-bond donors (Lipinski definition) is 2. The maximum atomic E-state index is 13.2. The van der Waals surface area contributed by atoms with Gasteiger partial charge in [0.25, 0.3) is 0 Å². The molecular weight excluding hydrogens is 442 g/mol. The van der Waals surface area contributed by atoms with Crippen LogP contribution in [0, 0.1) is 5.41 Å². The monoisotopic (exact) mass is 463 g/mol. The molecule has 3 rings (SSSR count). The predicted octanol–water partition coefficient (Wildman–Crippen LogP) is 3.45. The molecule has 164 valence electrons. The smallest absolute Gasteiger partial charge is 0.371 e. The van der Waals surface area contributed by atoms with Crippen molar-refractivity contribution in [3.05, 3.63) is 77.0 Å². The Morgan fingerprint density at radius 1 is 1.06 bits per heavy atom. The van der Waals surface area contributed by atoms with Gasteiger partial charge in [0.1, 0.15) is 0 Å². The molecule has 0 radical (unpaired) electrons. The third-order valence-electron chi connectivity index (χ3n) is 5.39. The molecule has 0 saturated carbocycles. The summed E-state index contributed by atoms with van der Waals surface area (Å²) in [7, 11) is -3.85. The average molecular weight is 464 g/mol. The van der Waals surface area contributed by atoms with Gasteiger partial charge in [-0.05, 0) is 49.1 Å². The number of sulfonamides is 1. The van der Waals surface area contributed by atoms with Gasteiger partial charge in [0.05, 0.1) is 10.3 Å². The van der Waals surface area contributed by atoms with E-state index in [9.17, 15) is 23.1 Å². The summed E-state index contributed by atoms with van der Waals surface area (Å²) in [5, 5.41) is 19.1. The Bertz CT molecular complexity index is 1100. The van der Waals surface area contributed by atoms with Gasteiger partial charge in [-0.1, -0.05) is 41.9 Å². The number of piperidine rings is 1. The molecule has 9 heteroatoms. The number of carboxylic acids is 1. The number of carboxylic acid groups (broad SMARTS) is 1. The molecular formula is C22H22ClNO6S. The zero-order chi connectivity index (χ0) is 22.6. The van der Waals surface area contributed by atoms with Crippen LogP contribution in [0.2, 0.25) is 5.02 Å². The van der Waals surface area contributed by atoms with Crippen LogP contribution in [0.4, 0.5) is 0 Å². The molecule has 2 N–H and O–H groups in total. The lowest BCUT2D eigenvalue weighted by atomic mass is 9.72. The Labute approximate surface area is 185 Å². The summed E-state index contributed by atoms with van der Waals surface area (Å²) < 4.78 is 27.6. The Hall–Kier alpha value is -2.68. The highest BCUT2D eigenvalue weighted by atomic mass is 35.5. The van der Waals surface area contributed by atoms with Gasteiger partial charge in [0.2, 0.25) is 15.8 Å². The lowest BCUT2D eigenvalue weighted by Crippen LogP contribution is -2.50. The fourth-order valence-corrected chi connectivity index (χ4v) is 5.51. The molecule has 1 unspecified atom stereocenters. The van der Waals surface area contributed by atoms with E-state index >= 15 is 0 Å². The number of rotatable bonds is 7. The van der Waals surface area contributed by atoms with E-state index < -0.39 is 32.9 Å². The summed E-state index contributed by atoms with van der Waals surface area (Å²) in [6.07, 6.45) is 1.61. The number of aliphatic hydroxyl groups excluding tert-OH is 1. The highest BCUT2D eigenvalue weighted by Gasteiger charge is 2.44. The molecule has 2 aromatic carbocycles. The minimum absolute atomic E-state index is 0.119. The Morgan fingerprint density at radius 3 is 2.32 bits per heavy atom. The summed E-state index contributed by atoms with van der Waals surface area (Å²) in [4.78, 5) is 24.3. The number of allylic oxidation sites excluding steroid dienone is 1. The number of nitrogens with zero attached hydrogens (tertiary/aromatic N) is 1. The first kappa shape index (κ1) is 23.0. The number of halogens is 1. The van der Waals surface area contributed by atoms with Crippen molar-refractivity contribution in [2.24, 2.45) is 5.41 Å². The standard InChI is InChI=1S/C22H22ClNO6S/c23-17-9-7-16(8-10-17)14-22(20(26)13-19(25)21(27)28)11-4-12-24(15-22)31(29,30)18-5-2-1-3-6-18/h1-3,5-10,13,25H,4,11-12,14-15H2,(H,27,28)/b19-13-. The van der Waals surface area contributed by atoms with Gasteiger partial charge in [0, 0.05) is 24.2 Å². The molecule has 0 spiro atoms. The molecule has 0 aromatic heterocycles. The molecule has 1 fully saturated rings. The highest BCUT2D eigenvalue weighted by Crippen LogP contribution is 2.38. The van der Waals surface area contributed by atoms with Gasteiger partial charge >= 0.3 is 5.97 Å². The predicted molar refractivity (Wildman–Crippen MR) is 115 cm³/mol. The quantitative estimate of drug-likeness (QED) is 0.480. The van der Waals surface area contributed by atoms with E-state index in [1.807, 2.05) is 0 Å². The first-order chi connectivity index (χ1) is 14.6. The molecule has 0 aliphatic carbocycles. The van der Waals surface area contributed by atoms with E-state index in [1.165, 1.54) is 16.4 Å². The minimum Gasteiger partial charge on any atom is -0.502 e. The van der Waals surface area contributed by atoms with Gasteiger partial charge in [-0.15, -0.1) is 0 Å². The molecule has 1 aliphatic heterocycles. The van der Waals surface area contributed by atoms with Crippen molar-refractivity contribution in [1.82, 2.24) is 4.31 Å². The topological polar surface area (TPSA) is 112 Å². The van der Waals surface area contributed by atoms with Gasteiger partial charge in [0.15, 0.2) is 5.78 Å². The highest BCUT2D eigenvalue weighted by molar-refractivity contribution is 7.89. The van der Waals surface area contributed by atoms with Crippen LogP contribution in [0.15, 0.2) is 71.3 Å². The molecule has 1 saturated heterocycles. The number of hydrogen-bond acceptors (Lipinski definition) is 5. The number of benzene rings is 2. The Kier molecular flexibility index (Phi) is 6.83. The third-order valence-corrected chi connectivity index (χ3v) is 7.50. The first-order valence-electron chi connectivity index (χ1n) is 9.62. The maximum Gasteiger partial charge on any atom is 0.371 e. The van der Waals surface area contributed by atoms with Crippen LogP contribution in [-0.4, -0.2) is 47.8 Å². The number of ketones is 1. The fourth-order valence-electron chi connectivity index (χ4n) is 3.80. The van der Waals surface area contributed by atoms with Gasteiger partial charge in [-0.3, -0.25) is 4.79 Å². The molecule has 1 atom stereocenters. The minimum atomic E-state index is -3.85. The first-order valence-corrected chi connectivity index (χ1v) is 11.4. The number of aliphatic hydroxyl groups is 1. The number of aliphatic carboxylic acids is 1. The van der Waals surface area contributed by atoms with E-state index in [0.717, 1.165) is 5.56 Å². The van der Waals surface area contributed by atoms with Gasteiger partial charge in [-0.25, -0.2) is 13.2 Å². The largest absolute Gasteiger partial charge is 0.502 e. The fraction of sp³-hybridized carbons (Fsp3) is 0.273. The van der Waals surface area contributed by atoms with Crippen LogP contribution >= 0.6 is 11.6 Å². The van der Waals surface area contributed by atoms with Crippen molar-refractivity contribution in [3.8, 4) is 0 Å². The second kappa shape index (κ2) is 9.21. The zero-order valence-electron chi connectivity index (χ0n) is 16.6. The van der Waals surface area contributed by atoms with Crippen molar-refractivity contribution in [3.63, 3.8) is 0 Å². The summed E-state index contributed by atoms with van der Waals surface area (Å²) in [5.41, 5.74) is -0.475. The SMILES string of the molecule is O=C(O)/C(O)=C/C(=O)C1(Cc2ccc(Cl)cc2)CCCN(S(=O)(=O)c2ccccc2)C1. The van der Waals surface area contributed by atoms with Gasteiger partial charge < -0.3 is 10.2 Å². The van der Waals surface area contributed by atoms with E-state index in [-0.39, 0.29) is 24.4 Å². The second-order valence-corrected chi connectivity index (χ2v) is 9.91. The van der Waals surface area contributed by atoms with Crippen LogP contribution < -0.4 is 0 Å². The molecule has 0 amide bonds. The van der Waals surface area contributed by atoms with Crippen LogP contribution in [-0.2, 0) is 26.0 Å². The van der Waals surface area contributed by atoms with E-state index in [2.05, 4.69) is 0 Å². The molecule has 0 bridgehead atoms. The zero-order valence-corrected chi connectivity index (χ0v) is 18.1. The summed E-state index contributed by atoms with van der Waals surface area (Å²) in [6.45, 7) is 0.108. The average Bonchev–Trinajstić information content (AvgIpc) is 2.76. The van der Waals surface area contributed by atoms with Crippen molar-refractivity contribution in [2.45, 2.75) is 24.2 Å². The van der Waals surface area contributed by atoms with Crippen LogP contribution in [0.1, 0.15) is 18.4 Å². The number of carbonyl (C=O) groups excluding carboxylic acids is 1. The normalized spacial score (nSPS) is 20.4. The van der Waals surface area contributed by atoms with Crippen molar-refractivity contribution in [2.75, 3.05) is 13.1 Å². The molecule has 7 nitrogen and oxygen atoms in total.